The summed E-state index contributed by atoms with van der Waals surface area (Å²) in [6.45, 7) is 0.784. The fourth-order valence-corrected chi connectivity index (χ4v) is 4.86. The number of carbonyl (C=O) groups is 2. The van der Waals surface area contributed by atoms with Crippen LogP contribution in [0.1, 0.15) is 28.7 Å². The van der Waals surface area contributed by atoms with E-state index in [1.54, 1.807) is 19.1 Å². The fourth-order valence-electron chi connectivity index (χ4n) is 4.86. The van der Waals surface area contributed by atoms with Gasteiger partial charge in [-0.3, -0.25) is 9.59 Å². The van der Waals surface area contributed by atoms with E-state index in [0.717, 1.165) is 22.3 Å². The third-order valence-electron chi connectivity index (χ3n) is 7.10. The monoisotopic (exact) mass is 550 g/mol. The van der Waals surface area contributed by atoms with E-state index >= 15 is 0 Å². The molecule has 6 nitrogen and oxygen atoms in total. The van der Waals surface area contributed by atoms with Gasteiger partial charge in [0, 0.05) is 25.9 Å². The van der Waals surface area contributed by atoms with E-state index in [1.165, 1.54) is 0 Å². The first-order chi connectivity index (χ1) is 20.1. The molecule has 0 aliphatic heterocycles. The molecule has 0 fully saturated rings. The minimum atomic E-state index is -0.661. The van der Waals surface area contributed by atoms with Crippen molar-refractivity contribution in [1.29, 1.82) is 0 Å². The van der Waals surface area contributed by atoms with Crippen LogP contribution in [0.5, 0.6) is 11.5 Å². The number of aryl methyl sites for hydroxylation is 1. The molecule has 0 radical (unpaired) electrons. The zero-order valence-electron chi connectivity index (χ0n) is 23.8. The molecule has 0 bridgehead atoms. The van der Waals surface area contributed by atoms with Crippen LogP contribution in [0.25, 0.3) is 0 Å². The van der Waals surface area contributed by atoms with Gasteiger partial charge < -0.3 is 19.7 Å². The van der Waals surface area contributed by atoms with Crippen LogP contribution in [0.15, 0.2) is 109 Å². The maximum absolute atomic E-state index is 13.8. The topological polar surface area (TPSA) is 67.9 Å². The number of nitrogens with one attached hydrogen (secondary N) is 1. The Morgan fingerprint density at radius 2 is 1.27 bits per heavy atom. The largest absolute Gasteiger partial charge is 0.493 e. The molecule has 0 unspecified atom stereocenters. The summed E-state index contributed by atoms with van der Waals surface area (Å²) in [4.78, 5) is 29.4. The summed E-state index contributed by atoms with van der Waals surface area (Å²) in [7, 11) is 3.21. The Balaban J connectivity index is 1.54. The summed E-state index contributed by atoms with van der Waals surface area (Å²) < 4.78 is 10.8. The third-order valence-corrected chi connectivity index (χ3v) is 7.10. The SMILES string of the molecule is COc1ccc(CCNC(=O)[C@H](Cc2ccccc2)N(Cc2ccccc2)C(=O)CCc2ccccc2)cc1OC. The number of hydrogen-bond donors (Lipinski definition) is 1. The highest BCUT2D eigenvalue weighted by atomic mass is 16.5. The van der Waals surface area contributed by atoms with E-state index in [-0.39, 0.29) is 11.8 Å². The summed E-state index contributed by atoms with van der Waals surface area (Å²) in [6, 6.07) is 34.8. The van der Waals surface area contributed by atoms with Crippen molar-refractivity contribution in [2.75, 3.05) is 20.8 Å². The Hall–Kier alpha value is -4.58. The van der Waals surface area contributed by atoms with Gasteiger partial charge >= 0.3 is 0 Å². The Morgan fingerprint density at radius 3 is 1.88 bits per heavy atom. The summed E-state index contributed by atoms with van der Waals surface area (Å²) in [6.07, 6.45) is 1.97. The van der Waals surface area contributed by atoms with Gasteiger partial charge in [0.15, 0.2) is 11.5 Å². The zero-order chi connectivity index (χ0) is 28.9. The van der Waals surface area contributed by atoms with Crippen LogP contribution < -0.4 is 14.8 Å². The molecule has 0 spiro atoms. The smallest absolute Gasteiger partial charge is 0.243 e. The van der Waals surface area contributed by atoms with Crippen molar-refractivity contribution < 1.29 is 19.1 Å². The van der Waals surface area contributed by atoms with E-state index in [0.29, 0.717) is 50.3 Å². The number of nitrogens with zero attached hydrogens (tertiary/aromatic N) is 1. The summed E-state index contributed by atoms with van der Waals surface area (Å²) in [5.41, 5.74) is 4.10. The zero-order valence-corrected chi connectivity index (χ0v) is 23.8. The van der Waals surface area contributed by atoms with Gasteiger partial charge in [-0.2, -0.15) is 0 Å². The quantitative estimate of drug-likeness (QED) is 0.221. The molecule has 1 N–H and O–H groups in total. The summed E-state index contributed by atoms with van der Waals surface area (Å²) >= 11 is 0. The first-order valence-corrected chi connectivity index (χ1v) is 14.0. The molecule has 0 aromatic heterocycles. The lowest BCUT2D eigenvalue weighted by atomic mass is 10.0. The molecule has 1 atom stereocenters. The Morgan fingerprint density at radius 1 is 0.683 bits per heavy atom. The van der Waals surface area contributed by atoms with Gasteiger partial charge in [-0.25, -0.2) is 0 Å². The molecule has 0 heterocycles. The third kappa shape index (κ3) is 8.70. The van der Waals surface area contributed by atoms with Crippen LogP contribution >= 0.6 is 0 Å². The molecule has 0 saturated carbocycles. The fraction of sp³-hybridized carbons (Fsp3) is 0.257. The van der Waals surface area contributed by atoms with E-state index in [1.807, 2.05) is 109 Å². The summed E-state index contributed by atoms with van der Waals surface area (Å²) in [5.74, 6) is 1.09. The van der Waals surface area contributed by atoms with Crippen molar-refractivity contribution in [1.82, 2.24) is 10.2 Å². The second-order valence-corrected chi connectivity index (χ2v) is 9.93. The van der Waals surface area contributed by atoms with Crippen LogP contribution in [0, 0.1) is 0 Å². The lowest BCUT2D eigenvalue weighted by Crippen LogP contribution is -2.50. The van der Waals surface area contributed by atoms with Gasteiger partial charge in [0.1, 0.15) is 6.04 Å². The highest BCUT2D eigenvalue weighted by Crippen LogP contribution is 2.27. The molecule has 41 heavy (non-hydrogen) atoms. The standard InChI is InChI=1S/C35H38N2O4/c1-40-32-20-18-29(25-33(32)41-2)22-23-36-35(39)31(24-28-14-8-4-9-15-28)37(26-30-16-10-5-11-17-30)34(38)21-19-27-12-6-3-7-13-27/h3-18,20,25,31H,19,21-24,26H2,1-2H3,(H,36,39)/t31-/m0/s1. The highest BCUT2D eigenvalue weighted by Gasteiger charge is 2.30. The highest BCUT2D eigenvalue weighted by molar-refractivity contribution is 5.88. The molecule has 212 valence electrons. The van der Waals surface area contributed by atoms with Gasteiger partial charge in [0.25, 0.3) is 0 Å². The Bertz CT molecular complexity index is 1380. The molecule has 4 aromatic carbocycles. The molecule has 4 rings (SSSR count). The number of hydrogen-bond acceptors (Lipinski definition) is 4. The number of ether oxygens (including phenoxy) is 2. The van der Waals surface area contributed by atoms with Crippen molar-refractivity contribution in [2.24, 2.45) is 0 Å². The molecule has 2 amide bonds. The summed E-state index contributed by atoms with van der Waals surface area (Å²) in [5, 5.41) is 3.11. The second kappa shape index (κ2) is 15.3. The normalized spacial score (nSPS) is 11.4. The second-order valence-electron chi connectivity index (χ2n) is 9.93. The molecule has 0 aliphatic rings. The maximum Gasteiger partial charge on any atom is 0.243 e. The number of rotatable bonds is 14. The van der Waals surface area contributed by atoms with Crippen LogP contribution in [0.4, 0.5) is 0 Å². The van der Waals surface area contributed by atoms with Crippen LogP contribution in [0.3, 0.4) is 0 Å². The lowest BCUT2D eigenvalue weighted by molar-refractivity contribution is -0.141. The van der Waals surface area contributed by atoms with Gasteiger partial charge in [0.2, 0.25) is 11.8 Å². The predicted molar refractivity (Wildman–Crippen MR) is 162 cm³/mol. The van der Waals surface area contributed by atoms with Crippen molar-refractivity contribution in [2.45, 2.75) is 38.3 Å². The molecular formula is C35H38N2O4. The van der Waals surface area contributed by atoms with Gasteiger partial charge in [-0.1, -0.05) is 97.1 Å². The van der Waals surface area contributed by atoms with E-state index in [2.05, 4.69) is 5.32 Å². The van der Waals surface area contributed by atoms with Gasteiger partial charge in [-0.15, -0.1) is 0 Å². The molecule has 0 aliphatic carbocycles. The van der Waals surface area contributed by atoms with Crippen molar-refractivity contribution in [3.05, 3.63) is 131 Å². The lowest BCUT2D eigenvalue weighted by Gasteiger charge is -2.31. The van der Waals surface area contributed by atoms with Crippen LogP contribution in [-0.4, -0.2) is 43.5 Å². The molecular weight excluding hydrogens is 512 g/mol. The van der Waals surface area contributed by atoms with E-state index in [9.17, 15) is 9.59 Å². The van der Waals surface area contributed by atoms with Crippen molar-refractivity contribution in [3.8, 4) is 11.5 Å². The molecule has 4 aromatic rings. The van der Waals surface area contributed by atoms with Gasteiger partial charge in [-0.05, 0) is 47.2 Å². The maximum atomic E-state index is 13.8. The number of carbonyl (C=O) groups excluding carboxylic acids is 2. The van der Waals surface area contributed by atoms with E-state index in [4.69, 9.17) is 9.47 Å². The van der Waals surface area contributed by atoms with Crippen LogP contribution in [0.2, 0.25) is 0 Å². The predicted octanol–water partition coefficient (Wildman–Crippen LogP) is 5.64. The van der Waals surface area contributed by atoms with Crippen LogP contribution in [-0.2, 0) is 35.4 Å². The average molecular weight is 551 g/mol. The number of amides is 2. The van der Waals surface area contributed by atoms with Crippen molar-refractivity contribution in [3.63, 3.8) is 0 Å². The van der Waals surface area contributed by atoms with Gasteiger partial charge in [0.05, 0.1) is 14.2 Å². The first-order valence-electron chi connectivity index (χ1n) is 14.0. The average Bonchev–Trinajstić information content (AvgIpc) is 3.02. The van der Waals surface area contributed by atoms with E-state index < -0.39 is 6.04 Å². The Labute approximate surface area is 242 Å². The molecule has 6 heteroatoms. The molecule has 0 saturated heterocycles. The number of methoxy groups -OCH3 is 2. The van der Waals surface area contributed by atoms with Crippen molar-refractivity contribution >= 4 is 11.8 Å². The minimum Gasteiger partial charge on any atom is -0.493 e. The minimum absolute atomic E-state index is 0.0475. The number of benzene rings is 4. The first kappa shape index (κ1) is 29.4. The Kier molecular flexibility index (Phi) is 11.0.